The summed E-state index contributed by atoms with van der Waals surface area (Å²) in [6.45, 7) is 11.6. The van der Waals surface area contributed by atoms with E-state index in [1.54, 1.807) is 0 Å². The molecule has 0 fully saturated rings. The molecule has 0 spiro atoms. The van der Waals surface area contributed by atoms with Gasteiger partial charge in [0.2, 0.25) is 0 Å². The average molecular weight is 294 g/mol. The van der Waals surface area contributed by atoms with E-state index >= 15 is 0 Å². The fourth-order valence-electron chi connectivity index (χ4n) is 2.49. The van der Waals surface area contributed by atoms with Gasteiger partial charge in [0.1, 0.15) is 0 Å². The first kappa shape index (κ1) is 15.4. The number of hydrogen-bond donors (Lipinski definition) is 1. The number of nitrogens with zero attached hydrogens (tertiary/aromatic N) is 3. The van der Waals surface area contributed by atoms with Gasteiger partial charge in [0.15, 0.2) is 5.17 Å². The van der Waals surface area contributed by atoms with Crippen molar-refractivity contribution in [3.63, 3.8) is 0 Å². The van der Waals surface area contributed by atoms with Crippen LogP contribution < -0.4 is 5.32 Å². The molecule has 1 aromatic rings. The molecule has 0 saturated heterocycles. The van der Waals surface area contributed by atoms with Crippen molar-refractivity contribution >= 4 is 16.9 Å². The highest BCUT2D eigenvalue weighted by Gasteiger charge is 2.19. The molecule has 0 saturated carbocycles. The summed E-state index contributed by atoms with van der Waals surface area (Å²) in [5, 5.41) is 9.73. The predicted molar refractivity (Wildman–Crippen MR) is 87.5 cm³/mol. The molecule has 0 amide bonds. The van der Waals surface area contributed by atoms with Crippen LogP contribution in [0.1, 0.15) is 38.1 Å². The van der Waals surface area contributed by atoms with Crippen LogP contribution in [0.4, 0.5) is 0 Å². The van der Waals surface area contributed by atoms with Crippen LogP contribution in [-0.4, -0.2) is 33.3 Å². The number of thioether (sulfide) groups is 1. The summed E-state index contributed by atoms with van der Waals surface area (Å²) in [7, 11) is 0. The summed E-state index contributed by atoms with van der Waals surface area (Å²) in [5.41, 5.74) is 2.34. The Bertz CT molecular complexity index is 464. The summed E-state index contributed by atoms with van der Waals surface area (Å²) < 4.78 is 2.09. The first-order valence-electron chi connectivity index (χ1n) is 7.50. The fraction of sp³-hybridized carbons (Fsp3) is 0.733. The molecule has 1 unspecified atom stereocenters. The molecule has 112 valence electrons. The van der Waals surface area contributed by atoms with E-state index in [4.69, 9.17) is 0 Å². The minimum Gasteiger partial charge on any atom is -0.365 e. The van der Waals surface area contributed by atoms with Gasteiger partial charge in [0.25, 0.3) is 0 Å². The Balaban J connectivity index is 1.64. The second kappa shape index (κ2) is 7.16. The molecule has 0 radical (unpaired) electrons. The average Bonchev–Trinajstić information content (AvgIpc) is 2.91. The molecule has 1 aromatic heterocycles. The standard InChI is InChI=1S/C15H26N4S/c1-11(2)8-14-10-17-15(20-14)16-6-5-7-19-13(4)9-12(3)18-19/h9,11,14H,5-8,10H2,1-4H3,(H,16,17). The van der Waals surface area contributed by atoms with E-state index in [-0.39, 0.29) is 0 Å². The van der Waals surface area contributed by atoms with Gasteiger partial charge in [-0.25, -0.2) is 0 Å². The van der Waals surface area contributed by atoms with Crippen molar-refractivity contribution in [2.75, 3.05) is 13.1 Å². The summed E-state index contributed by atoms with van der Waals surface area (Å²) in [6, 6.07) is 2.13. The maximum atomic E-state index is 4.58. The molecule has 1 N–H and O–H groups in total. The van der Waals surface area contributed by atoms with Crippen molar-refractivity contribution in [1.82, 2.24) is 15.1 Å². The monoisotopic (exact) mass is 294 g/mol. The van der Waals surface area contributed by atoms with Gasteiger partial charge in [0.05, 0.1) is 12.2 Å². The summed E-state index contributed by atoms with van der Waals surface area (Å²) in [5.74, 6) is 0.757. The van der Waals surface area contributed by atoms with E-state index in [1.165, 1.54) is 12.1 Å². The van der Waals surface area contributed by atoms with Crippen LogP contribution in [-0.2, 0) is 6.54 Å². The summed E-state index contributed by atoms with van der Waals surface area (Å²) in [6.07, 6.45) is 2.33. The first-order chi connectivity index (χ1) is 9.54. The van der Waals surface area contributed by atoms with Gasteiger partial charge in [-0.15, -0.1) is 0 Å². The number of aromatic nitrogens is 2. The number of aryl methyl sites for hydroxylation is 3. The van der Waals surface area contributed by atoms with Gasteiger partial charge >= 0.3 is 0 Å². The molecular weight excluding hydrogens is 268 g/mol. The number of nitrogens with one attached hydrogen (secondary N) is 1. The lowest BCUT2D eigenvalue weighted by atomic mass is 10.1. The highest BCUT2D eigenvalue weighted by Crippen LogP contribution is 2.25. The van der Waals surface area contributed by atoms with Crippen molar-refractivity contribution in [3.05, 3.63) is 17.5 Å². The highest BCUT2D eigenvalue weighted by molar-refractivity contribution is 8.14. The quantitative estimate of drug-likeness (QED) is 0.820. The van der Waals surface area contributed by atoms with Gasteiger partial charge in [-0.1, -0.05) is 25.6 Å². The van der Waals surface area contributed by atoms with E-state index in [0.717, 1.165) is 42.8 Å². The molecular formula is C15H26N4S. The van der Waals surface area contributed by atoms with Crippen LogP contribution in [0.2, 0.25) is 0 Å². The molecule has 1 atom stereocenters. The van der Waals surface area contributed by atoms with E-state index in [1.807, 2.05) is 18.7 Å². The maximum absolute atomic E-state index is 4.58. The Hall–Kier alpha value is -0.970. The molecule has 0 aromatic carbocycles. The van der Waals surface area contributed by atoms with Gasteiger partial charge < -0.3 is 5.32 Å². The lowest BCUT2D eigenvalue weighted by Gasteiger charge is -2.11. The van der Waals surface area contributed by atoms with Crippen LogP contribution in [0, 0.1) is 19.8 Å². The van der Waals surface area contributed by atoms with E-state index in [9.17, 15) is 0 Å². The van der Waals surface area contributed by atoms with Gasteiger partial charge in [-0.2, -0.15) is 5.10 Å². The molecule has 5 heteroatoms. The van der Waals surface area contributed by atoms with Crippen LogP contribution in [0.25, 0.3) is 0 Å². The third-order valence-electron chi connectivity index (χ3n) is 3.38. The van der Waals surface area contributed by atoms with Crippen molar-refractivity contribution in [2.45, 2.75) is 52.3 Å². The van der Waals surface area contributed by atoms with E-state index in [0.29, 0.717) is 5.25 Å². The second-order valence-corrected chi connectivity index (χ2v) is 7.23. The zero-order chi connectivity index (χ0) is 14.5. The third kappa shape index (κ3) is 4.54. The van der Waals surface area contributed by atoms with Crippen molar-refractivity contribution in [1.29, 1.82) is 0 Å². The van der Waals surface area contributed by atoms with Crippen LogP contribution >= 0.6 is 11.8 Å². The molecule has 1 aliphatic rings. The summed E-state index contributed by atoms with van der Waals surface area (Å²) in [4.78, 5) is 4.58. The molecule has 20 heavy (non-hydrogen) atoms. The molecule has 2 rings (SSSR count). The van der Waals surface area contributed by atoms with Crippen molar-refractivity contribution in [2.24, 2.45) is 10.9 Å². The smallest absolute Gasteiger partial charge is 0.156 e. The second-order valence-electron chi connectivity index (χ2n) is 5.95. The first-order valence-corrected chi connectivity index (χ1v) is 8.38. The fourth-order valence-corrected chi connectivity index (χ4v) is 3.77. The number of hydrogen-bond acceptors (Lipinski definition) is 4. The van der Waals surface area contributed by atoms with Gasteiger partial charge in [-0.05, 0) is 38.7 Å². The Labute approximate surface area is 126 Å². The summed E-state index contributed by atoms with van der Waals surface area (Å²) >= 11 is 1.91. The lowest BCUT2D eigenvalue weighted by Crippen LogP contribution is -2.22. The maximum Gasteiger partial charge on any atom is 0.156 e. The van der Waals surface area contributed by atoms with Gasteiger partial charge in [-0.3, -0.25) is 9.67 Å². The number of aliphatic imine (C=N–C) groups is 1. The normalized spacial score (nSPS) is 18.6. The Kier molecular flexibility index (Phi) is 5.52. The molecule has 4 nitrogen and oxygen atoms in total. The zero-order valence-electron chi connectivity index (χ0n) is 13.0. The topological polar surface area (TPSA) is 42.2 Å². The largest absolute Gasteiger partial charge is 0.365 e. The molecule has 0 bridgehead atoms. The Morgan fingerprint density at radius 2 is 2.25 bits per heavy atom. The molecule has 0 aliphatic carbocycles. The number of rotatable bonds is 6. The molecule has 1 aliphatic heterocycles. The number of amidine groups is 1. The van der Waals surface area contributed by atoms with Gasteiger partial charge in [0, 0.05) is 24.0 Å². The third-order valence-corrected chi connectivity index (χ3v) is 4.55. The predicted octanol–water partition coefficient (Wildman–Crippen LogP) is 3.00. The van der Waals surface area contributed by atoms with Crippen molar-refractivity contribution in [3.8, 4) is 0 Å². The van der Waals surface area contributed by atoms with Crippen LogP contribution in [0.15, 0.2) is 11.1 Å². The van der Waals surface area contributed by atoms with Crippen LogP contribution in [0.3, 0.4) is 0 Å². The Morgan fingerprint density at radius 3 is 2.90 bits per heavy atom. The SMILES string of the molecule is Cc1cc(C)n(CCCNC2=NCC(CC(C)C)S2)n1. The van der Waals surface area contributed by atoms with E-state index in [2.05, 4.69) is 46.9 Å². The van der Waals surface area contributed by atoms with E-state index < -0.39 is 0 Å². The molecule has 2 heterocycles. The minimum absolute atomic E-state index is 0.675. The van der Waals surface area contributed by atoms with Crippen molar-refractivity contribution < 1.29 is 0 Å². The Morgan fingerprint density at radius 1 is 1.45 bits per heavy atom. The minimum atomic E-state index is 0.675. The van der Waals surface area contributed by atoms with Crippen LogP contribution in [0.5, 0.6) is 0 Å². The zero-order valence-corrected chi connectivity index (χ0v) is 13.8. The lowest BCUT2D eigenvalue weighted by molar-refractivity contribution is 0.558. The highest BCUT2D eigenvalue weighted by atomic mass is 32.2.